The van der Waals surface area contributed by atoms with E-state index in [4.69, 9.17) is 24.1 Å². The van der Waals surface area contributed by atoms with Crippen molar-refractivity contribution in [1.82, 2.24) is 10.3 Å². The van der Waals surface area contributed by atoms with E-state index in [9.17, 15) is 22.8 Å². The number of pyridine rings is 1. The minimum absolute atomic E-state index is 0.0162. The summed E-state index contributed by atoms with van der Waals surface area (Å²) in [7, 11) is 0. The summed E-state index contributed by atoms with van der Waals surface area (Å²) in [6, 6.07) is 20.4. The second-order valence-corrected chi connectivity index (χ2v) is 12.2. The van der Waals surface area contributed by atoms with Crippen molar-refractivity contribution in [2.75, 3.05) is 82.8 Å². The molecule has 0 bridgehead atoms. The van der Waals surface area contributed by atoms with Gasteiger partial charge < -0.3 is 39.6 Å². The van der Waals surface area contributed by atoms with Crippen LogP contribution in [-0.4, -0.2) is 94.5 Å². The van der Waals surface area contributed by atoms with Gasteiger partial charge in [0.1, 0.15) is 6.61 Å². The predicted octanol–water partition coefficient (Wildman–Crippen LogP) is 6.21. The van der Waals surface area contributed by atoms with Gasteiger partial charge in [0.2, 0.25) is 0 Å². The van der Waals surface area contributed by atoms with Gasteiger partial charge in [0.05, 0.1) is 69.8 Å². The van der Waals surface area contributed by atoms with Crippen LogP contribution in [0.1, 0.15) is 51.3 Å². The molecule has 2 amide bonds. The number of carbonyl (C=O) groups is 2. The number of ether oxygens (including phenoxy) is 4. The van der Waals surface area contributed by atoms with Crippen LogP contribution in [-0.2, 0) is 31.7 Å². The minimum Gasteiger partial charge on any atom is -0.394 e. The first-order chi connectivity index (χ1) is 27.1. The third kappa shape index (κ3) is 14.1. The van der Waals surface area contributed by atoms with Crippen LogP contribution < -0.4 is 15.5 Å². The number of aliphatic hydroxyl groups is 1. The fourth-order valence-corrected chi connectivity index (χ4v) is 5.42. The smallest absolute Gasteiger partial charge is 0.394 e. The summed E-state index contributed by atoms with van der Waals surface area (Å²) >= 11 is 0. The molecule has 0 aliphatic rings. The molecule has 0 aliphatic heterocycles. The SMILES string of the molecule is CCN(CC)c1ccc(NC(=O)c2cccc(C#CCOCCOCCOCCOCCO)c2)c(-c2cc(C(=O)NCc3cccc(C(F)(F)F)c3)ccn2)c1. The number of rotatable bonds is 21. The van der Waals surface area contributed by atoms with E-state index in [1.165, 1.54) is 24.4 Å². The largest absolute Gasteiger partial charge is 0.416 e. The van der Waals surface area contributed by atoms with E-state index in [0.717, 1.165) is 30.9 Å². The minimum atomic E-state index is -4.49. The van der Waals surface area contributed by atoms with Gasteiger partial charge in [-0.2, -0.15) is 13.2 Å². The van der Waals surface area contributed by atoms with E-state index in [1.807, 2.05) is 26.0 Å². The molecule has 0 spiro atoms. The Balaban J connectivity index is 1.39. The quantitative estimate of drug-likeness (QED) is 0.0669. The van der Waals surface area contributed by atoms with Crippen LogP contribution in [0.5, 0.6) is 0 Å². The highest BCUT2D eigenvalue weighted by atomic mass is 19.4. The lowest BCUT2D eigenvalue weighted by Gasteiger charge is -2.23. The van der Waals surface area contributed by atoms with Crippen molar-refractivity contribution >= 4 is 23.2 Å². The average molecular weight is 777 g/mol. The first-order valence-electron chi connectivity index (χ1n) is 18.2. The zero-order valence-electron chi connectivity index (χ0n) is 31.5. The second kappa shape index (κ2) is 22.9. The van der Waals surface area contributed by atoms with Crippen LogP contribution in [0.2, 0.25) is 0 Å². The summed E-state index contributed by atoms with van der Waals surface area (Å²) in [5.74, 6) is 5.09. The Hall–Kier alpha value is -5.30. The number of hydrogen-bond acceptors (Lipinski definition) is 9. The Morgan fingerprint density at radius 3 is 2.16 bits per heavy atom. The van der Waals surface area contributed by atoms with Crippen molar-refractivity contribution < 1.29 is 46.8 Å². The summed E-state index contributed by atoms with van der Waals surface area (Å²) in [6.45, 7) is 8.31. The number of amides is 2. The van der Waals surface area contributed by atoms with Crippen molar-refractivity contribution in [2.24, 2.45) is 0 Å². The predicted molar refractivity (Wildman–Crippen MR) is 207 cm³/mol. The molecule has 1 aromatic heterocycles. The summed E-state index contributed by atoms with van der Waals surface area (Å²) in [5, 5.41) is 14.3. The van der Waals surface area contributed by atoms with Crippen molar-refractivity contribution in [3.63, 3.8) is 0 Å². The molecule has 11 nitrogen and oxygen atoms in total. The molecular formula is C42H47F3N4O7. The zero-order valence-corrected chi connectivity index (χ0v) is 31.5. The number of nitrogens with zero attached hydrogens (tertiary/aromatic N) is 2. The first kappa shape index (κ1) is 43.4. The molecule has 298 valence electrons. The topological polar surface area (TPSA) is 131 Å². The fourth-order valence-electron chi connectivity index (χ4n) is 5.42. The Bertz CT molecular complexity index is 1930. The third-order valence-electron chi connectivity index (χ3n) is 8.27. The number of aliphatic hydroxyl groups excluding tert-OH is 1. The molecule has 0 saturated carbocycles. The molecule has 0 aliphatic carbocycles. The third-order valence-corrected chi connectivity index (χ3v) is 8.27. The van der Waals surface area contributed by atoms with E-state index < -0.39 is 17.6 Å². The molecule has 14 heteroatoms. The Morgan fingerprint density at radius 2 is 1.46 bits per heavy atom. The number of alkyl halides is 3. The monoisotopic (exact) mass is 776 g/mol. The number of nitrogens with one attached hydrogen (secondary N) is 2. The summed E-state index contributed by atoms with van der Waals surface area (Å²) in [4.78, 5) is 33.4. The molecule has 3 aromatic carbocycles. The van der Waals surface area contributed by atoms with Gasteiger partial charge in [-0.15, -0.1) is 0 Å². The standard InChI is InChI=1S/C42H47F3N4O7/c1-3-49(4-2)36-13-14-38(37(29-36)39-28-34(15-16-46-39)40(51)47-30-32-9-6-12-35(27-32)42(43,44)45)48-41(52)33-11-5-8-31(26-33)10-7-18-53-20-22-55-24-25-56-23-21-54-19-17-50/h5-6,8-9,11-16,26-29,50H,3-4,17-25,30H2,1-2H3,(H,47,51)(H,48,52). The second-order valence-electron chi connectivity index (χ2n) is 12.2. The Morgan fingerprint density at radius 1 is 0.786 bits per heavy atom. The molecule has 0 saturated heterocycles. The molecule has 1 heterocycles. The summed E-state index contributed by atoms with van der Waals surface area (Å²) < 4.78 is 61.0. The van der Waals surface area contributed by atoms with Gasteiger partial charge in [-0.1, -0.05) is 30.0 Å². The Kier molecular flexibility index (Phi) is 17.8. The number of anilines is 2. The van der Waals surface area contributed by atoms with E-state index >= 15 is 0 Å². The average Bonchev–Trinajstić information content (AvgIpc) is 3.21. The van der Waals surface area contributed by atoms with E-state index in [-0.39, 0.29) is 31.2 Å². The molecule has 0 fully saturated rings. The molecule has 3 N–H and O–H groups in total. The molecule has 0 radical (unpaired) electrons. The van der Waals surface area contributed by atoms with Gasteiger partial charge >= 0.3 is 6.18 Å². The lowest BCUT2D eigenvalue weighted by Crippen LogP contribution is -2.23. The summed E-state index contributed by atoms with van der Waals surface area (Å²) in [5.41, 5.74) is 3.11. The van der Waals surface area contributed by atoms with E-state index in [0.29, 0.717) is 79.9 Å². The molecule has 4 aromatic rings. The van der Waals surface area contributed by atoms with Crippen LogP contribution in [0.4, 0.5) is 24.5 Å². The number of benzene rings is 3. The highest BCUT2D eigenvalue weighted by Crippen LogP contribution is 2.33. The van der Waals surface area contributed by atoms with Gasteiger partial charge in [0, 0.05) is 53.8 Å². The highest BCUT2D eigenvalue weighted by molar-refractivity contribution is 6.06. The lowest BCUT2D eigenvalue weighted by atomic mass is 10.0. The number of carbonyl (C=O) groups excluding carboxylic acids is 2. The van der Waals surface area contributed by atoms with Gasteiger partial charge in [-0.3, -0.25) is 14.6 Å². The maximum Gasteiger partial charge on any atom is 0.416 e. The Labute approximate surface area is 325 Å². The molecular weight excluding hydrogens is 729 g/mol. The van der Waals surface area contributed by atoms with Crippen molar-refractivity contribution in [2.45, 2.75) is 26.6 Å². The van der Waals surface area contributed by atoms with Crippen molar-refractivity contribution in [3.8, 4) is 23.1 Å². The maximum atomic E-state index is 13.6. The normalized spacial score (nSPS) is 11.1. The summed E-state index contributed by atoms with van der Waals surface area (Å²) in [6.07, 6.45) is -3.02. The van der Waals surface area contributed by atoms with Gasteiger partial charge in [-0.05, 0) is 80.1 Å². The van der Waals surface area contributed by atoms with Crippen molar-refractivity contribution in [3.05, 3.63) is 113 Å². The lowest BCUT2D eigenvalue weighted by molar-refractivity contribution is -0.137. The molecule has 0 unspecified atom stereocenters. The number of halogens is 3. The van der Waals surface area contributed by atoms with Crippen LogP contribution in [0, 0.1) is 11.8 Å². The van der Waals surface area contributed by atoms with Gasteiger partial charge in [0.15, 0.2) is 0 Å². The van der Waals surface area contributed by atoms with Crippen LogP contribution >= 0.6 is 0 Å². The fraction of sp³-hybridized carbons (Fsp3) is 0.357. The molecule has 56 heavy (non-hydrogen) atoms. The first-order valence-corrected chi connectivity index (χ1v) is 18.2. The van der Waals surface area contributed by atoms with Gasteiger partial charge in [-0.25, -0.2) is 0 Å². The van der Waals surface area contributed by atoms with E-state index in [2.05, 4.69) is 32.4 Å². The van der Waals surface area contributed by atoms with Crippen LogP contribution in [0.3, 0.4) is 0 Å². The van der Waals surface area contributed by atoms with Gasteiger partial charge in [0.25, 0.3) is 11.8 Å². The zero-order chi connectivity index (χ0) is 40.2. The van der Waals surface area contributed by atoms with Crippen LogP contribution in [0.25, 0.3) is 11.3 Å². The molecule has 0 atom stereocenters. The highest BCUT2D eigenvalue weighted by Gasteiger charge is 2.30. The maximum absolute atomic E-state index is 13.6. The number of hydrogen-bond donors (Lipinski definition) is 3. The van der Waals surface area contributed by atoms with Crippen molar-refractivity contribution in [1.29, 1.82) is 0 Å². The van der Waals surface area contributed by atoms with E-state index in [1.54, 1.807) is 36.4 Å². The van der Waals surface area contributed by atoms with Crippen LogP contribution in [0.15, 0.2) is 85.1 Å². The molecule has 4 rings (SSSR count). The number of aromatic nitrogens is 1.